The van der Waals surface area contributed by atoms with Crippen LogP contribution in [0.2, 0.25) is 0 Å². The van der Waals surface area contributed by atoms with E-state index in [1.54, 1.807) is 0 Å². The van der Waals surface area contributed by atoms with Crippen LogP contribution in [0.1, 0.15) is 6.92 Å². The van der Waals surface area contributed by atoms with Crippen molar-refractivity contribution in [1.29, 1.82) is 0 Å². The first-order valence-corrected chi connectivity index (χ1v) is 2.53. The molecular formula is C5H9N3O2. The lowest BCUT2D eigenvalue weighted by molar-refractivity contribution is 0.256. The molecule has 0 bridgehead atoms. The number of nitrogens with zero attached hydrogens (tertiary/aromatic N) is 1. The van der Waals surface area contributed by atoms with Gasteiger partial charge >= 0.3 is 6.03 Å². The van der Waals surface area contributed by atoms with Crippen molar-refractivity contribution in [3.63, 3.8) is 0 Å². The van der Waals surface area contributed by atoms with Gasteiger partial charge in [0.25, 0.3) is 0 Å². The van der Waals surface area contributed by atoms with Gasteiger partial charge in [-0.2, -0.15) is 4.99 Å². The lowest BCUT2D eigenvalue weighted by atomic mass is 10.3. The molecule has 0 heterocycles. The number of hydrogen-bond donors (Lipinski definition) is 3. The lowest BCUT2D eigenvalue weighted by Gasteiger charge is -1.94. The van der Waals surface area contributed by atoms with Crippen LogP contribution in [0, 0.1) is 0 Å². The second-order valence-electron chi connectivity index (χ2n) is 1.65. The summed E-state index contributed by atoms with van der Waals surface area (Å²) in [6.45, 7) is 1.50. The van der Waals surface area contributed by atoms with Crippen LogP contribution in [0.4, 0.5) is 4.79 Å². The predicted octanol–water partition coefficient (Wildman–Crippen LogP) is -0.116. The highest BCUT2D eigenvalue weighted by atomic mass is 16.2. The number of amidine groups is 1. The standard InChI is InChI=1S/C5H9N3O2/c1-3(2-9)4(6)8-5(7)10/h2,9H,1H3,(H4,6,7,8,10)/b3-2+. The maximum Gasteiger partial charge on any atom is 0.340 e. The van der Waals surface area contributed by atoms with Gasteiger partial charge in [0.15, 0.2) is 0 Å². The number of rotatable bonds is 1. The smallest absolute Gasteiger partial charge is 0.340 e. The van der Waals surface area contributed by atoms with Crippen molar-refractivity contribution in [3.8, 4) is 0 Å². The van der Waals surface area contributed by atoms with E-state index in [1.165, 1.54) is 6.92 Å². The van der Waals surface area contributed by atoms with Crippen LogP contribution in [-0.4, -0.2) is 17.0 Å². The fraction of sp³-hybridized carbons (Fsp3) is 0.200. The second kappa shape index (κ2) is 3.49. The van der Waals surface area contributed by atoms with E-state index >= 15 is 0 Å². The van der Waals surface area contributed by atoms with Crippen molar-refractivity contribution in [2.45, 2.75) is 6.92 Å². The van der Waals surface area contributed by atoms with Gasteiger partial charge in [0, 0.05) is 5.57 Å². The lowest BCUT2D eigenvalue weighted by Crippen LogP contribution is -2.18. The van der Waals surface area contributed by atoms with Crippen molar-refractivity contribution in [2.24, 2.45) is 16.5 Å². The van der Waals surface area contributed by atoms with Gasteiger partial charge in [0.2, 0.25) is 0 Å². The van der Waals surface area contributed by atoms with Crippen LogP contribution in [0.3, 0.4) is 0 Å². The van der Waals surface area contributed by atoms with Gasteiger partial charge < -0.3 is 16.6 Å². The number of aliphatic hydroxyl groups excluding tert-OH is 1. The third-order valence-corrected chi connectivity index (χ3v) is 0.828. The fourth-order valence-electron chi connectivity index (χ4n) is 0.273. The third kappa shape index (κ3) is 2.71. The molecule has 56 valence electrons. The minimum Gasteiger partial charge on any atom is -0.515 e. The van der Waals surface area contributed by atoms with E-state index in [-0.39, 0.29) is 5.84 Å². The predicted molar refractivity (Wildman–Crippen MR) is 37.6 cm³/mol. The number of carbonyl (C=O) groups excluding carboxylic acids is 1. The summed E-state index contributed by atoms with van der Waals surface area (Å²) in [6, 6.07) is -0.876. The minimum atomic E-state index is -0.876. The summed E-state index contributed by atoms with van der Waals surface area (Å²) < 4.78 is 0. The Balaban J connectivity index is 4.35. The zero-order valence-electron chi connectivity index (χ0n) is 5.53. The number of urea groups is 1. The van der Waals surface area contributed by atoms with E-state index in [2.05, 4.69) is 10.7 Å². The van der Waals surface area contributed by atoms with Crippen molar-refractivity contribution < 1.29 is 9.90 Å². The van der Waals surface area contributed by atoms with Gasteiger partial charge in [0.1, 0.15) is 5.84 Å². The van der Waals surface area contributed by atoms with E-state index in [9.17, 15) is 4.79 Å². The van der Waals surface area contributed by atoms with Crippen LogP contribution in [-0.2, 0) is 0 Å². The molecule has 0 spiro atoms. The average molecular weight is 143 g/mol. The Kier molecular flexibility index (Phi) is 2.96. The zero-order chi connectivity index (χ0) is 8.15. The molecule has 10 heavy (non-hydrogen) atoms. The van der Waals surface area contributed by atoms with E-state index in [1.807, 2.05) is 0 Å². The number of carbonyl (C=O) groups is 1. The Morgan fingerprint density at radius 3 is 2.40 bits per heavy atom. The molecule has 0 aromatic rings. The molecule has 0 fully saturated rings. The topological polar surface area (TPSA) is 102 Å². The number of hydrogen-bond acceptors (Lipinski definition) is 2. The molecule has 0 aliphatic rings. The molecule has 0 atom stereocenters. The summed E-state index contributed by atoms with van der Waals surface area (Å²) in [5.74, 6) is -0.0741. The number of amides is 2. The molecule has 0 radical (unpaired) electrons. The minimum absolute atomic E-state index is 0.0741. The van der Waals surface area contributed by atoms with E-state index in [4.69, 9.17) is 10.8 Å². The molecule has 0 saturated heterocycles. The molecule has 0 rings (SSSR count). The molecule has 5 heteroatoms. The van der Waals surface area contributed by atoms with E-state index in [0.29, 0.717) is 5.57 Å². The zero-order valence-corrected chi connectivity index (χ0v) is 5.53. The molecule has 0 aliphatic carbocycles. The SMILES string of the molecule is CC(=C\O)/C(N)=N/C(N)=O. The largest absolute Gasteiger partial charge is 0.515 e. The van der Waals surface area contributed by atoms with Crippen LogP contribution in [0.25, 0.3) is 0 Å². The number of nitrogens with two attached hydrogens (primary N) is 2. The van der Waals surface area contributed by atoms with Gasteiger partial charge in [-0.25, -0.2) is 4.79 Å². The van der Waals surface area contributed by atoms with Crippen molar-refractivity contribution in [3.05, 3.63) is 11.8 Å². The highest BCUT2D eigenvalue weighted by Crippen LogP contribution is 1.89. The summed E-state index contributed by atoms with van der Waals surface area (Å²) >= 11 is 0. The summed E-state index contributed by atoms with van der Waals surface area (Å²) in [5.41, 5.74) is 10.1. The fourth-order valence-corrected chi connectivity index (χ4v) is 0.273. The van der Waals surface area contributed by atoms with Crippen LogP contribution >= 0.6 is 0 Å². The quantitative estimate of drug-likeness (QED) is 0.271. The van der Waals surface area contributed by atoms with Gasteiger partial charge in [-0.15, -0.1) is 0 Å². The van der Waals surface area contributed by atoms with Gasteiger partial charge in [-0.05, 0) is 6.92 Å². The Labute approximate surface area is 58.0 Å². The molecule has 2 amide bonds. The summed E-state index contributed by atoms with van der Waals surface area (Å²) in [7, 11) is 0. The monoisotopic (exact) mass is 143 g/mol. The van der Waals surface area contributed by atoms with Gasteiger partial charge in [0.05, 0.1) is 6.26 Å². The maximum absolute atomic E-state index is 10.1. The normalized spacial score (nSPS) is 13.3. The first-order chi connectivity index (χ1) is 4.57. The molecule has 0 aromatic carbocycles. The summed E-state index contributed by atoms with van der Waals surface area (Å²) in [4.78, 5) is 13.2. The first kappa shape index (κ1) is 8.48. The Morgan fingerprint density at radius 1 is 1.60 bits per heavy atom. The van der Waals surface area contributed by atoms with Crippen molar-refractivity contribution >= 4 is 11.9 Å². The molecule has 0 aromatic heterocycles. The number of primary amides is 1. The van der Waals surface area contributed by atoms with Crippen LogP contribution in [0.5, 0.6) is 0 Å². The van der Waals surface area contributed by atoms with Crippen molar-refractivity contribution in [1.82, 2.24) is 0 Å². The summed E-state index contributed by atoms with van der Waals surface area (Å²) in [6.07, 6.45) is 0.752. The Hall–Kier alpha value is -1.52. The molecular weight excluding hydrogens is 134 g/mol. The highest BCUT2D eigenvalue weighted by Gasteiger charge is 1.96. The van der Waals surface area contributed by atoms with Gasteiger partial charge in [-0.3, -0.25) is 0 Å². The van der Waals surface area contributed by atoms with Crippen LogP contribution in [0.15, 0.2) is 16.8 Å². The van der Waals surface area contributed by atoms with Crippen LogP contribution < -0.4 is 11.5 Å². The molecule has 5 nitrogen and oxygen atoms in total. The summed E-state index contributed by atoms with van der Waals surface area (Å²) in [5, 5.41) is 8.34. The van der Waals surface area contributed by atoms with E-state index < -0.39 is 6.03 Å². The number of aliphatic hydroxyl groups is 1. The van der Waals surface area contributed by atoms with Gasteiger partial charge in [-0.1, -0.05) is 0 Å². The van der Waals surface area contributed by atoms with E-state index in [0.717, 1.165) is 6.26 Å². The second-order valence-corrected chi connectivity index (χ2v) is 1.65. The Morgan fingerprint density at radius 2 is 2.10 bits per heavy atom. The van der Waals surface area contributed by atoms with Crippen molar-refractivity contribution in [2.75, 3.05) is 0 Å². The average Bonchev–Trinajstić information content (AvgIpc) is 1.85. The first-order valence-electron chi connectivity index (χ1n) is 2.53. The molecule has 5 N–H and O–H groups in total. The maximum atomic E-state index is 10.1. The highest BCUT2D eigenvalue weighted by molar-refractivity contribution is 6.02. The molecule has 0 saturated carbocycles. The molecule has 0 unspecified atom stereocenters. The Bertz CT molecular complexity index is 195. The third-order valence-electron chi connectivity index (χ3n) is 0.828. The molecule has 0 aliphatic heterocycles. The number of aliphatic imine (C=N–C) groups is 1.